The van der Waals surface area contributed by atoms with Gasteiger partial charge in [0.2, 0.25) is 11.7 Å². The molecular weight excluding hydrogens is 1430 g/mol. The van der Waals surface area contributed by atoms with Crippen molar-refractivity contribution in [2.24, 2.45) is 0 Å². The Kier molecular flexibility index (Phi) is 78.8. The van der Waals surface area contributed by atoms with Crippen molar-refractivity contribution in [3.8, 4) is 17.1 Å². The van der Waals surface area contributed by atoms with E-state index in [0.29, 0.717) is 394 Å². The van der Waals surface area contributed by atoms with E-state index in [-0.39, 0.29) is 25.4 Å². The van der Waals surface area contributed by atoms with Gasteiger partial charge in [0.1, 0.15) is 12.4 Å². The molecule has 1 amide bonds. The van der Waals surface area contributed by atoms with E-state index in [9.17, 15) is 9.59 Å². The van der Waals surface area contributed by atoms with E-state index < -0.39 is 5.97 Å². The first-order chi connectivity index (χ1) is 53.5. The van der Waals surface area contributed by atoms with Gasteiger partial charge in [-0.3, -0.25) is 9.59 Å². The van der Waals surface area contributed by atoms with Gasteiger partial charge in [-0.1, -0.05) is 0 Å². The van der Waals surface area contributed by atoms with Crippen molar-refractivity contribution >= 4 is 11.9 Å². The molecule has 0 atom stereocenters. The second-order valence-corrected chi connectivity index (χ2v) is 22.0. The number of hydrogen-bond donors (Lipinski definition) is 2. The summed E-state index contributed by atoms with van der Waals surface area (Å²) in [6.45, 7) is 27.6. The third kappa shape index (κ3) is 77.1. The highest BCUT2D eigenvalue weighted by molar-refractivity contribution is 5.75. The van der Waals surface area contributed by atoms with Gasteiger partial charge >= 0.3 is 5.97 Å². The van der Waals surface area contributed by atoms with Crippen LogP contribution in [-0.4, -0.2) is 421 Å². The highest BCUT2D eigenvalue weighted by atomic mass is 16.6. The Morgan fingerprint density at radius 1 is 0.250 bits per heavy atom. The molecule has 0 aliphatic rings. The number of rotatable bonds is 92. The Morgan fingerprint density at radius 2 is 0.435 bits per heavy atom. The van der Waals surface area contributed by atoms with Gasteiger partial charge in [0.15, 0.2) is 5.82 Å². The summed E-state index contributed by atoms with van der Waals surface area (Å²) in [4.78, 5) is 22.4. The Balaban J connectivity index is 1.10. The van der Waals surface area contributed by atoms with Crippen LogP contribution in [0.15, 0.2) is 24.3 Å². The number of hydrogen-bond acceptors (Lipinski definition) is 35. The summed E-state index contributed by atoms with van der Waals surface area (Å²) < 4.78 is 160. The Morgan fingerprint density at radius 3 is 0.648 bits per heavy atom. The quantitative estimate of drug-likeness (QED) is 0.0875. The Hall–Kier alpha value is -4.22. The standard InChI is InChI=1S/C71H129N5O32/c1-66-73-75-71(76-74-66)67-2-4-68(5-3-67)108-65-64-107-63-62-106-22-18-83-15-12-80-9-6-69(77)72-8-11-82-14-17-85-20-23-87-25-27-89-29-31-91-33-35-93-37-39-95-41-43-97-45-47-99-49-51-101-53-55-103-57-59-105-61-60-104-58-56-102-54-52-100-50-48-98-46-44-96-42-40-94-38-36-92-34-32-90-30-28-88-26-24-86-21-19-84-16-13-81-10-7-70(78)79/h2-5H,6-65H2,1H3,(H,72,77)(H,78,79). The van der Waals surface area contributed by atoms with Crippen LogP contribution in [0.1, 0.15) is 18.7 Å². The average molecular weight is 1560 g/mol. The smallest absolute Gasteiger partial charge is 0.305 e. The van der Waals surface area contributed by atoms with Crippen LogP contribution >= 0.6 is 0 Å². The van der Waals surface area contributed by atoms with Crippen molar-refractivity contribution in [3.05, 3.63) is 30.1 Å². The summed E-state index contributed by atoms with van der Waals surface area (Å²) in [5.41, 5.74) is 0.806. The first-order valence-corrected chi connectivity index (χ1v) is 37.5. The van der Waals surface area contributed by atoms with Crippen molar-refractivity contribution in [2.75, 3.05) is 383 Å². The molecule has 0 unspecified atom stereocenters. The fourth-order valence-corrected chi connectivity index (χ4v) is 7.91. The zero-order valence-electron chi connectivity index (χ0n) is 64.1. The first-order valence-electron chi connectivity index (χ1n) is 37.5. The van der Waals surface area contributed by atoms with Gasteiger partial charge in [-0.2, -0.15) is 0 Å². The topological polar surface area (TPSA) is 386 Å². The minimum absolute atomic E-state index is 0.0128. The van der Waals surface area contributed by atoms with Crippen LogP contribution < -0.4 is 10.1 Å². The van der Waals surface area contributed by atoms with Gasteiger partial charge in [0.05, 0.1) is 376 Å². The SMILES string of the molecule is Cc1nnc(-c2ccc(OCCOCCOCCOCCOCCC(=O)NCCOCCOCCOCCOCCOCCOCCOCCOCCOCCOCCOCCOCCOCCOCCOCCOCCOCCOCCOCCOCCOCCOCCOCCOCCC(=O)O)cc2)nn1. The molecule has 37 nitrogen and oxygen atoms in total. The van der Waals surface area contributed by atoms with Crippen molar-refractivity contribution in [1.29, 1.82) is 0 Å². The zero-order valence-corrected chi connectivity index (χ0v) is 64.1. The summed E-state index contributed by atoms with van der Waals surface area (Å²) in [5, 5.41) is 27.3. The van der Waals surface area contributed by atoms with Crippen molar-refractivity contribution < 1.29 is 152 Å². The number of carbonyl (C=O) groups excluding carboxylic acids is 1. The highest BCUT2D eigenvalue weighted by Gasteiger charge is 2.07. The largest absolute Gasteiger partial charge is 0.491 e. The van der Waals surface area contributed by atoms with Crippen molar-refractivity contribution in [1.82, 2.24) is 25.7 Å². The monoisotopic (exact) mass is 1560 g/mol. The molecule has 0 spiro atoms. The molecule has 0 bridgehead atoms. The number of carbonyl (C=O) groups is 2. The van der Waals surface area contributed by atoms with Gasteiger partial charge in [0, 0.05) is 18.5 Å². The van der Waals surface area contributed by atoms with Crippen molar-refractivity contribution in [2.45, 2.75) is 19.8 Å². The first kappa shape index (κ1) is 99.9. The zero-order chi connectivity index (χ0) is 76.8. The fraction of sp³-hybridized carbons (Fsp3) is 0.859. The lowest BCUT2D eigenvalue weighted by atomic mass is 10.2. The number of ether oxygens (including phenoxy) is 29. The van der Waals surface area contributed by atoms with Crippen LogP contribution in [0.2, 0.25) is 0 Å². The number of benzene rings is 1. The van der Waals surface area contributed by atoms with E-state index >= 15 is 0 Å². The molecule has 2 rings (SSSR count). The predicted octanol–water partition coefficient (Wildman–Crippen LogP) is 1.07. The number of aliphatic carboxylic acids is 1. The molecule has 0 saturated carbocycles. The number of aryl methyl sites for hydroxylation is 1. The molecule has 630 valence electrons. The number of amides is 1. The minimum atomic E-state index is -0.882. The normalized spacial score (nSPS) is 11.6. The maximum absolute atomic E-state index is 12.0. The molecule has 0 radical (unpaired) electrons. The Labute approximate surface area is 637 Å². The number of nitrogens with one attached hydrogen (secondary N) is 1. The van der Waals surface area contributed by atoms with Crippen LogP contribution in [0.25, 0.3) is 11.4 Å². The fourth-order valence-electron chi connectivity index (χ4n) is 7.91. The van der Waals surface area contributed by atoms with Crippen molar-refractivity contribution in [3.63, 3.8) is 0 Å². The van der Waals surface area contributed by atoms with E-state index in [4.69, 9.17) is 142 Å². The van der Waals surface area contributed by atoms with E-state index in [1.54, 1.807) is 6.92 Å². The predicted molar refractivity (Wildman–Crippen MR) is 386 cm³/mol. The lowest BCUT2D eigenvalue weighted by molar-refractivity contribution is -0.138. The number of carboxylic acid groups (broad SMARTS) is 1. The van der Waals surface area contributed by atoms with Crippen LogP contribution in [0, 0.1) is 6.92 Å². The number of carboxylic acids is 1. The second kappa shape index (κ2) is 85.2. The molecule has 1 heterocycles. The molecule has 37 heteroatoms. The molecule has 1 aromatic heterocycles. The second-order valence-electron chi connectivity index (χ2n) is 22.0. The highest BCUT2D eigenvalue weighted by Crippen LogP contribution is 2.18. The molecule has 1 aromatic carbocycles. The molecule has 2 N–H and O–H groups in total. The summed E-state index contributed by atoms with van der Waals surface area (Å²) in [7, 11) is 0. The third-order valence-electron chi connectivity index (χ3n) is 13.4. The van der Waals surface area contributed by atoms with Gasteiger partial charge < -0.3 is 148 Å². The third-order valence-corrected chi connectivity index (χ3v) is 13.4. The Bertz CT molecular complexity index is 2140. The van der Waals surface area contributed by atoms with Crippen LogP contribution in [-0.2, 0) is 142 Å². The molecule has 108 heavy (non-hydrogen) atoms. The van der Waals surface area contributed by atoms with Gasteiger partial charge in [-0.05, 0) is 31.2 Å². The summed E-state index contributed by atoms with van der Waals surface area (Å²) in [6.07, 6.45) is 0.240. The van der Waals surface area contributed by atoms with Crippen LogP contribution in [0.5, 0.6) is 5.75 Å². The molecule has 2 aromatic rings. The summed E-state index contributed by atoms with van der Waals surface area (Å²) in [5.74, 6) is 0.699. The molecule has 0 aliphatic carbocycles. The number of aromatic nitrogens is 4. The van der Waals surface area contributed by atoms with E-state index in [2.05, 4.69) is 25.7 Å². The number of nitrogens with zero attached hydrogens (tertiary/aromatic N) is 4. The maximum Gasteiger partial charge on any atom is 0.305 e. The van der Waals surface area contributed by atoms with E-state index in [1.165, 1.54) is 0 Å². The minimum Gasteiger partial charge on any atom is -0.491 e. The van der Waals surface area contributed by atoms with Crippen LogP contribution in [0.4, 0.5) is 0 Å². The van der Waals surface area contributed by atoms with E-state index in [0.717, 1.165) is 5.56 Å². The molecule has 0 aliphatic heterocycles. The maximum atomic E-state index is 12.0. The lowest BCUT2D eigenvalue weighted by Crippen LogP contribution is -2.28. The summed E-state index contributed by atoms with van der Waals surface area (Å²) in [6, 6.07) is 7.38. The molecule has 0 saturated heterocycles. The van der Waals surface area contributed by atoms with Gasteiger partial charge in [0.25, 0.3) is 0 Å². The van der Waals surface area contributed by atoms with E-state index in [1.807, 2.05) is 24.3 Å². The van der Waals surface area contributed by atoms with Gasteiger partial charge in [-0.15, -0.1) is 20.4 Å². The average Bonchev–Trinajstić information content (AvgIpc) is 0.862. The van der Waals surface area contributed by atoms with Gasteiger partial charge in [-0.25, -0.2) is 0 Å². The molecule has 0 fully saturated rings. The summed E-state index contributed by atoms with van der Waals surface area (Å²) >= 11 is 0. The molecular formula is C71H129N5O32. The van der Waals surface area contributed by atoms with Crippen LogP contribution in [0.3, 0.4) is 0 Å². The lowest BCUT2D eigenvalue weighted by Gasteiger charge is -2.09.